The highest BCUT2D eigenvalue weighted by molar-refractivity contribution is 5.94. The van der Waals surface area contributed by atoms with Crippen LogP contribution in [0.25, 0.3) is 10.9 Å². The first-order valence-electron chi connectivity index (χ1n) is 6.36. The molecule has 0 unspecified atom stereocenters. The van der Waals surface area contributed by atoms with E-state index in [4.69, 9.17) is 4.42 Å². The van der Waals surface area contributed by atoms with Gasteiger partial charge in [0.15, 0.2) is 0 Å². The van der Waals surface area contributed by atoms with E-state index >= 15 is 0 Å². The second-order valence-electron chi connectivity index (χ2n) is 4.67. The lowest BCUT2D eigenvalue weighted by atomic mass is 10.1. The third kappa shape index (κ3) is 2.28. The van der Waals surface area contributed by atoms with Crippen molar-refractivity contribution in [3.8, 4) is 0 Å². The molecule has 0 aliphatic heterocycles. The molecule has 0 fully saturated rings. The standard InChI is InChI=1S/C16H14N2O2/c1-18(16(19)14-7-9-20-11-14)10-13-5-2-4-12-6-3-8-17-15(12)13/h2-9,11H,10H2,1H3. The maximum Gasteiger partial charge on any atom is 0.257 e. The van der Waals surface area contributed by atoms with Crippen LogP contribution in [0.5, 0.6) is 0 Å². The van der Waals surface area contributed by atoms with Gasteiger partial charge < -0.3 is 9.32 Å². The fourth-order valence-corrected chi connectivity index (χ4v) is 2.23. The third-order valence-corrected chi connectivity index (χ3v) is 3.24. The third-order valence-electron chi connectivity index (χ3n) is 3.24. The van der Waals surface area contributed by atoms with Gasteiger partial charge in [-0.2, -0.15) is 0 Å². The van der Waals surface area contributed by atoms with E-state index < -0.39 is 0 Å². The van der Waals surface area contributed by atoms with Gasteiger partial charge in [-0.05, 0) is 17.7 Å². The number of benzene rings is 1. The molecular weight excluding hydrogens is 252 g/mol. The van der Waals surface area contributed by atoms with Crippen LogP contribution in [-0.2, 0) is 6.54 Å². The highest BCUT2D eigenvalue weighted by Gasteiger charge is 2.14. The monoisotopic (exact) mass is 266 g/mol. The summed E-state index contributed by atoms with van der Waals surface area (Å²) in [4.78, 5) is 18.3. The summed E-state index contributed by atoms with van der Waals surface area (Å²) in [5, 5.41) is 1.08. The molecule has 0 atom stereocenters. The van der Waals surface area contributed by atoms with E-state index in [0.29, 0.717) is 12.1 Å². The number of carbonyl (C=O) groups excluding carboxylic acids is 1. The van der Waals surface area contributed by atoms with E-state index in [1.165, 1.54) is 12.5 Å². The molecule has 2 heterocycles. The van der Waals surface area contributed by atoms with Gasteiger partial charge in [0.2, 0.25) is 0 Å². The Hall–Kier alpha value is -2.62. The molecule has 1 amide bonds. The summed E-state index contributed by atoms with van der Waals surface area (Å²) in [5.41, 5.74) is 2.52. The summed E-state index contributed by atoms with van der Waals surface area (Å²) in [6.07, 6.45) is 4.73. The molecule has 0 aliphatic carbocycles. The molecule has 0 N–H and O–H groups in total. The van der Waals surface area contributed by atoms with Gasteiger partial charge in [-0.3, -0.25) is 9.78 Å². The first-order chi connectivity index (χ1) is 9.75. The van der Waals surface area contributed by atoms with Gasteiger partial charge in [-0.1, -0.05) is 24.3 Å². The van der Waals surface area contributed by atoms with Crippen LogP contribution in [0.1, 0.15) is 15.9 Å². The van der Waals surface area contributed by atoms with Crippen molar-refractivity contribution in [2.45, 2.75) is 6.54 Å². The van der Waals surface area contributed by atoms with Crippen molar-refractivity contribution < 1.29 is 9.21 Å². The molecule has 0 radical (unpaired) electrons. The maximum atomic E-state index is 12.2. The zero-order valence-corrected chi connectivity index (χ0v) is 11.1. The molecule has 0 saturated carbocycles. The Morgan fingerprint density at radius 3 is 2.90 bits per heavy atom. The summed E-state index contributed by atoms with van der Waals surface area (Å²) in [5.74, 6) is -0.0633. The fraction of sp³-hybridized carbons (Fsp3) is 0.125. The molecule has 20 heavy (non-hydrogen) atoms. The lowest BCUT2D eigenvalue weighted by molar-refractivity contribution is 0.0785. The lowest BCUT2D eigenvalue weighted by Crippen LogP contribution is -2.25. The van der Waals surface area contributed by atoms with Crippen LogP contribution in [0.15, 0.2) is 59.5 Å². The molecule has 0 spiro atoms. The molecular formula is C16H14N2O2. The molecule has 3 aromatic rings. The average Bonchev–Trinajstić information content (AvgIpc) is 3.01. The Bertz CT molecular complexity index is 730. The summed E-state index contributed by atoms with van der Waals surface area (Å²) >= 11 is 0. The van der Waals surface area contributed by atoms with Crippen LogP contribution in [0.4, 0.5) is 0 Å². The molecule has 4 nitrogen and oxygen atoms in total. The van der Waals surface area contributed by atoms with Crippen molar-refractivity contribution in [2.75, 3.05) is 7.05 Å². The van der Waals surface area contributed by atoms with Gasteiger partial charge in [0.1, 0.15) is 6.26 Å². The molecule has 0 bridgehead atoms. The lowest BCUT2D eigenvalue weighted by Gasteiger charge is -2.17. The number of pyridine rings is 1. The van der Waals surface area contributed by atoms with Crippen molar-refractivity contribution in [2.24, 2.45) is 0 Å². The number of hydrogen-bond acceptors (Lipinski definition) is 3. The van der Waals surface area contributed by atoms with Crippen molar-refractivity contribution >= 4 is 16.8 Å². The minimum absolute atomic E-state index is 0.0633. The van der Waals surface area contributed by atoms with Crippen LogP contribution < -0.4 is 0 Å². The summed E-state index contributed by atoms with van der Waals surface area (Å²) in [6.45, 7) is 0.512. The predicted octanol–water partition coefficient (Wildman–Crippen LogP) is 3.10. The molecule has 3 rings (SSSR count). The van der Waals surface area contributed by atoms with Gasteiger partial charge in [-0.15, -0.1) is 0 Å². The Balaban J connectivity index is 1.88. The number of hydrogen-bond donors (Lipinski definition) is 0. The van der Waals surface area contributed by atoms with Gasteiger partial charge >= 0.3 is 0 Å². The van der Waals surface area contributed by atoms with Crippen LogP contribution in [-0.4, -0.2) is 22.8 Å². The minimum atomic E-state index is -0.0633. The topological polar surface area (TPSA) is 46.3 Å². The quantitative estimate of drug-likeness (QED) is 0.731. The molecule has 100 valence electrons. The molecule has 1 aromatic carbocycles. The van der Waals surface area contributed by atoms with Crippen LogP contribution in [0.2, 0.25) is 0 Å². The zero-order chi connectivity index (χ0) is 13.9. The summed E-state index contributed by atoms with van der Waals surface area (Å²) < 4.78 is 4.95. The Kier molecular flexibility index (Phi) is 3.21. The molecule has 2 aromatic heterocycles. The maximum absolute atomic E-state index is 12.2. The van der Waals surface area contributed by atoms with Gasteiger partial charge in [0.05, 0.1) is 17.3 Å². The molecule has 0 saturated heterocycles. The predicted molar refractivity (Wildman–Crippen MR) is 76.2 cm³/mol. The largest absolute Gasteiger partial charge is 0.472 e. The first-order valence-corrected chi connectivity index (χ1v) is 6.36. The van der Waals surface area contributed by atoms with Gasteiger partial charge in [0.25, 0.3) is 5.91 Å². The van der Waals surface area contributed by atoms with E-state index in [2.05, 4.69) is 4.98 Å². The second kappa shape index (κ2) is 5.17. The van der Waals surface area contributed by atoms with E-state index in [9.17, 15) is 4.79 Å². The first kappa shape index (κ1) is 12.4. The van der Waals surface area contributed by atoms with E-state index in [1.54, 1.807) is 24.2 Å². The zero-order valence-electron chi connectivity index (χ0n) is 11.1. The number of nitrogens with zero attached hydrogens (tertiary/aromatic N) is 2. The smallest absolute Gasteiger partial charge is 0.257 e. The average molecular weight is 266 g/mol. The van der Waals surface area contributed by atoms with Crippen molar-refractivity contribution in [1.82, 2.24) is 9.88 Å². The van der Waals surface area contributed by atoms with Crippen molar-refractivity contribution in [3.63, 3.8) is 0 Å². The second-order valence-corrected chi connectivity index (χ2v) is 4.67. The molecule has 0 aliphatic rings. The number of aromatic nitrogens is 1. The van der Waals surface area contributed by atoms with Crippen LogP contribution >= 0.6 is 0 Å². The highest BCUT2D eigenvalue weighted by Crippen LogP contribution is 2.18. The number of para-hydroxylation sites is 1. The molecule has 4 heteroatoms. The number of fused-ring (bicyclic) bond motifs is 1. The Morgan fingerprint density at radius 2 is 2.10 bits per heavy atom. The van der Waals surface area contributed by atoms with Crippen molar-refractivity contribution in [1.29, 1.82) is 0 Å². The minimum Gasteiger partial charge on any atom is -0.472 e. The SMILES string of the molecule is CN(Cc1cccc2cccnc12)C(=O)c1ccoc1. The number of furan rings is 1. The fourth-order valence-electron chi connectivity index (χ4n) is 2.23. The van der Waals surface area contributed by atoms with E-state index in [0.717, 1.165) is 16.5 Å². The summed E-state index contributed by atoms with van der Waals surface area (Å²) in [7, 11) is 1.77. The van der Waals surface area contributed by atoms with Gasteiger partial charge in [-0.25, -0.2) is 0 Å². The van der Waals surface area contributed by atoms with Crippen molar-refractivity contribution in [3.05, 3.63) is 66.2 Å². The highest BCUT2D eigenvalue weighted by atomic mass is 16.3. The van der Waals surface area contributed by atoms with E-state index in [-0.39, 0.29) is 5.91 Å². The Labute approximate surface area is 116 Å². The summed E-state index contributed by atoms with van der Waals surface area (Å²) in [6, 6.07) is 11.6. The van der Waals surface area contributed by atoms with E-state index in [1.807, 2.05) is 30.3 Å². The number of carbonyl (C=O) groups is 1. The van der Waals surface area contributed by atoms with Crippen LogP contribution in [0, 0.1) is 0 Å². The normalized spacial score (nSPS) is 10.7. The van der Waals surface area contributed by atoms with Crippen LogP contribution in [0.3, 0.4) is 0 Å². The Morgan fingerprint density at radius 1 is 1.25 bits per heavy atom. The number of rotatable bonds is 3. The number of amides is 1. The van der Waals surface area contributed by atoms with Gasteiger partial charge in [0, 0.05) is 25.2 Å².